The summed E-state index contributed by atoms with van der Waals surface area (Å²) >= 11 is 1.64. The Balaban J connectivity index is 1.85. The van der Waals surface area contributed by atoms with Crippen molar-refractivity contribution in [2.24, 2.45) is 4.99 Å². The molecule has 4 nitrogen and oxygen atoms in total. The number of aliphatic imine (C=N–C) groups is 1. The molecule has 0 aliphatic carbocycles. The van der Waals surface area contributed by atoms with Crippen molar-refractivity contribution in [3.63, 3.8) is 0 Å². The fraction of sp³-hybridized carbons (Fsp3) is 0.375. The monoisotopic (exact) mass is 408 g/mol. The van der Waals surface area contributed by atoms with Crippen molar-refractivity contribution in [2.45, 2.75) is 50.8 Å². The first-order valence-electron chi connectivity index (χ1n) is 10.0. The van der Waals surface area contributed by atoms with Crippen molar-refractivity contribution in [1.82, 2.24) is 5.32 Å². The van der Waals surface area contributed by atoms with Crippen LogP contribution in [0, 0.1) is 6.92 Å². The topological polar surface area (TPSA) is 53.9 Å². The van der Waals surface area contributed by atoms with Gasteiger partial charge in [-0.3, -0.25) is 0 Å². The van der Waals surface area contributed by atoms with Crippen LogP contribution in [0.15, 0.2) is 60.1 Å². The standard InChI is InChI=1S/C24H28N2O2S/c1-5-11-29-22-25-23(3,4)15-24(26-22)14-19(17-9-7-6-8-10-17)21-16(2)12-18(27)13-20(21)28-24/h5-10,12-13,19,27H,1,11,14-15H2,2-4H3,(H,25,26)/t19-,24+/m1/s1. The number of ether oxygens (including phenoxy) is 1. The second-order valence-corrected chi connectivity index (χ2v) is 9.60. The largest absolute Gasteiger partial charge is 0.508 e. The number of benzene rings is 2. The number of amidine groups is 1. The fourth-order valence-corrected chi connectivity index (χ4v) is 5.43. The van der Waals surface area contributed by atoms with Gasteiger partial charge in [0.25, 0.3) is 0 Å². The molecule has 2 aliphatic rings. The molecule has 2 atom stereocenters. The zero-order valence-corrected chi connectivity index (χ0v) is 18.1. The van der Waals surface area contributed by atoms with Crippen molar-refractivity contribution >= 4 is 16.9 Å². The smallest absolute Gasteiger partial charge is 0.206 e. The summed E-state index contributed by atoms with van der Waals surface area (Å²) in [6.45, 7) is 10.2. The van der Waals surface area contributed by atoms with Gasteiger partial charge in [0.05, 0.1) is 0 Å². The number of thioether (sulfide) groups is 1. The molecule has 2 aliphatic heterocycles. The highest BCUT2D eigenvalue weighted by molar-refractivity contribution is 8.13. The lowest BCUT2D eigenvalue weighted by atomic mass is 9.76. The molecule has 0 bridgehead atoms. The SMILES string of the molecule is C=CCSC1=N[C@]2(C[C@H](c3ccccc3)c3c(C)cc(O)cc3O2)CC(C)(C)N1. The molecule has 0 amide bonds. The van der Waals surface area contributed by atoms with Crippen LogP contribution in [0.2, 0.25) is 0 Å². The molecule has 5 heteroatoms. The van der Waals surface area contributed by atoms with E-state index in [1.165, 1.54) is 5.56 Å². The Morgan fingerprint density at radius 2 is 2.07 bits per heavy atom. The third-order valence-electron chi connectivity index (χ3n) is 5.51. The quantitative estimate of drug-likeness (QED) is 0.672. The molecule has 0 fully saturated rings. The third kappa shape index (κ3) is 4.01. The average Bonchev–Trinajstić information content (AvgIpc) is 2.64. The minimum atomic E-state index is -0.675. The Hall–Kier alpha value is -2.40. The van der Waals surface area contributed by atoms with Crippen molar-refractivity contribution in [3.8, 4) is 11.5 Å². The van der Waals surface area contributed by atoms with Crippen LogP contribution in [0.4, 0.5) is 0 Å². The first-order chi connectivity index (χ1) is 13.8. The van der Waals surface area contributed by atoms with E-state index in [-0.39, 0.29) is 17.2 Å². The molecule has 0 radical (unpaired) electrons. The van der Waals surface area contributed by atoms with Gasteiger partial charge < -0.3 is 15.2 Å². The highest BCUT2D eigenvalue weighted by Crippen LogP contribution is 2.50. The number of aryl methyl sites for hydroxylation is 1. The lowest BCUT2D eigenvalue weighted by Crippen LogP contribution is -2.57. The van der Waals surface area contributed by atoms with Gasteiger partial charge in [0, 0.05) is 41.7 Å². The number of rotatable bonds is 3. The lowest BCUT2D eigenvalue weighted by molar-refractivity contribution is 0.0132. The van der Waals surface area contributed by atoms with Crippen LogP contribution in [0.5, 0.6) is 11.5 Å². The summed E-state index contributed by atoms with van der Waals surface area (Å²) in [5.41, 5.74) is 2.60. The predicted molar refractivity (Wildman–Crippen MR) is 121 cm³/mol. The van der Waals surface area contributed by atoms with Crippen molar-refractivity contribution < 1.29 is 9.84 Å². The summed E-state index contributed by atoms with van der Waals surface area (Å²) in [5, 5.41) is 14.7. The van der Waals surface area contributed by atoms with Crippen LogP contribution in [-0.2, 0) is 0 Å². The molecular weight excluding hydrogens is 380 g/mol. The molecule has 1 spiro atoms. The Morgan fingerprint density at radius 1 is 1.31 bits per heavy atom. The molecule has 0 saturated heterocycles. The van der Waals surface area contributed by atoms with Crippen LogP contribution in [0.3, 0.4) is 0 Å². The van der Waals surface area contributed by atoms with Gasteiger partial charge in [0.1, 0.15) is 11.5 Å². The number of nitrogens with zero attached hydrogens (tertiary/aromatic N) is 1. The molecule has 0 unspecified atom stereocenters. The van der Waals surface area contributed by atoms with E-state index in [0.717, 1.165) is 40.6 Å². The molecule has 0 aromatic heterocycles. The maximum atomic E-state index is 10.2. The Kier molecular flexibility index (Phi) is 5.11. The highest BCUT2D eigenvalue weighted by atomic mass is 32.2. The zero-order chi connectivity index (χ0) is 20.6. The van der Waals surface area contributed by atoms with E-state index in [1.807, 2.05) is 25.1 Å². The highest BCUT2D eigenvalue weighted by Gasteiger charge is 2.48. The van der Waals surface area contributed by atoms with Gasteiger partial charge in [0.2, 0.25) is 5.72 Å². The molecule has 2 heterocycles. The van der Waals surface area contributed by atoms with Crippen LogP contribution in [0.1, 0.15) is 49.3 Å². The normalized spacial score (nSPS) is 24.8. The number of hydrogen-bond acceptors (Lipinski definition) is 5. The maximum absolute atomic E-state index is 10.2. The second kappa shape index (κ2) is 7.45. The maximum Gasteiger partial charge on any atom is 0.206 e. The summed E-state index contributed by atoms with van der Waals surface area (Å²) in [5.74, 6) is 1.90. The van der Waals surface area contributed by atoms with Crippen molar-refractivity contribution in [1.29, 1.82) is 0 Å². The van der Waals surface area contributed by atoms with E-state index < -0.39 is 5.72 Å². The Morgan fingerprint density at radius 3 is 2.79 bits per heavy atom. The first kappa shape index (κ1) is 19.9. The van der Waals surface area contributed by atoms with E-state index in [9.17, 15) is 5.11 Å². The number of fused-ring (bicyclic) bond motifs is 1. The summed E-state index contributed by atoms with van der Waals surface area (Å²) in [6, 6.07) is 14.1. The molecule has 2 aromatic rings. The summed E-state index contributed by atoms with van der Waals surface area (Å²) in [6.07, 6.45) is 3.39. The molecule has 0 saturated carbocycles. The van der Waals surface area contributed by atoms with Crippen LogP contribution in [-0.4, -0.2) is 27.3 Å². The molecule has 29 heavy (non-hydrogen) atoms. The number of aromatic hydroxyl groups is 1. The van der Waals surface area contributed by atoms with E-state index in [2.05, 4.69) is 50.0 Å². The lowest BCUT2D eigenvalue weighted by Gasteiger charge is -2.47. The van der Waals surface area contributed by atoms with E-state index in [4.69, 9.17) is 9.73 Å². The Bertz CT molecular complexity index is 955. The summed E-state index contributed by atoms with van der Waals surface area (Å²) in [7, 11) is 0. The number of hydrogen-bond donors (Lipinski definition) is 2. The van der Waals surface area contributed by atoms with Gasteiger partial charge in [-0.15, -0.1) is 6.58 Å². The van der Waals surface area contributed by atoms with Gasteiger partial charge in [0.15, 0.2) is 5.17 Å². The molecule has 4 rings (SSSR count). The predicted octanol–water partition coefficient (Wildman–Crippen LogP) is 5.36. The number of phenolic OH excluding ortho intramolecular Hbond substituents is 1. The molecule has 2 N–H and O–H groups in total. The summed E-state index contributed by atoms with van der Waals surface area (Å²) < 4.78 is 6.59. The molecule has 2 aromatic carbocycles. The minimum Gasteiger partial charge on any atom is -0.508 e. The van der Waals surface area contributed by atoms with Gasteiger partial charge in [-0.25, -0.2) is 4.99 Å². The number of nitrogens with one attached hydrogen (secondary N) is 1. The second-order valence-electron chi connectivity index (χ2n) is 8.59. The first-order valence-corrected chi connectivity index (χ1v) is 11.0. The van der Waals surface area contributed by atoms with Crippen molar-refractivity contribution in [3.05, 3.63) is 71.8 Å². The van der Waals surface area contributed by atoms with Gasteiger partial charge in [-0.1, -0.05) is 48.2 Å². The van der Waals surface area contributed by atoms with Gasteiger partial charge in [-0.2, -0.15) is 0 Å². The minimum absolute atomic E-state index is 0.156. The zero-order valence-electron chi connectivity index (χ0n) is 17.2. The van der Waals surface area contributed by atoms with Gasteiger partial charge >= 0.3 is 0 Å². The molecular formula is C24H28N2O2S. The Labute approximate surface area is 177 Å². The van der Waals surface area contributed by atoms with E-state index >= 15 is 0 Å². The fourth-order valence-electron chi connectivity index (χ4n) is 4.58. The van der Waals surface area contributed by atoms with E-state index in [0.29, 0.717) is 0 Å². The number of phenols is 1. The average molecular weight is 409 g/mol. The summed E-state index contributed by atoms with van der Waals surface area (Å²) in [4.78, 5) is 5.06. The molecule has 152 valence electrons. The van der Waals surface area contributed by atoms with E-state index in [1.54, 1.807) is 17.8 Å². The van der Waals surface area contributed by atoms with Crippen LogP contribution in [0.25, 0.3) is 0 Å². The van der Waals surface area contributed by atoms with Gasteiger partial charge in [-0.05, 0) is 38.0 Å². The van der Waals surface area contributed by atoms with Crippen LogP contribution < -0.4 is 10.1 Å². The third-order valence-corrected chi connectivity index (χ3v) is 6.38. The van der Waals surface area contributed by atoms with Crippen LogP contribution >= 0.6 is 11.8 Å². The van der Waals surface area contributed by atoms with Crippen molar-refractivity contribution in [2.75, 3.05) is 5.75 Å².